The fourth-order valence-electron chi connectivity index (χ4n) is 4.58. The van der Waals surface area contributed by atoms with Crippen molar-refractivity contribution in [2.75, 3.05) is 20.8 Å². The molecule has 0 spiro atoms. The molecule has 0 amide bonds. The number of carbonyl (C=O) groups is 4. The summed E-state index contributed by atoms with van der Waals surface area (Å²) in [5, 5.41) is 0. The molecular formula is C29H34O12. The van der Waals surface area contributed by atoms with Crippen molar-refractivity contribution in [2.45, 2.75) is 64.0 Å². The Bertz CT molecular complexity index is 1210. The van der Waals surface area contributed by atoms with Crippen LogP contribution in [0.4, 0.5) is 0 Å². The Morgan fingerprint density at radius 2 is 1.37 bits per heavy atom. The molecule has 1 aliphatic heterocycles. The Kier molecular flexibility index (Phi) is 10.3. The molecule has 1 aliphatic rings. The van der Waals surface area contributed by atoms with Crippen LogP contribution in [0.15, 0.2) is 54.6 Å². The van der Waals surface area contributed by atoms with Crippen LogP contribution in [-0.4, -0.2) is 74.6 Å². The molecule has 12 heteroatoms. The zero-order valence-corrected chi connectivity index (χ0v) is 23.7. The van der Waals surface area contributed by atoms with E-state index in [9.17, 15) is 19.2 Å². The molecule has 0 N–H and O–H groups in total. The van der Waals surface area contributed by atoms with E-state index in [4.69, 9.17) is 37.9 Å². The number of benzene rings is 2. The van der Waals surface area contributed by atoms with Crippen LogP contribution in [0.3, 0.4) is 0 Å². The van der Waals surface area contributed by atoms with Crippen LogP contribution in [0.2, 0.25) is 0 Å². The highest BCUT2D eigenvalue weighted by Gasteiger charge is 2.69. The average Bonchev–Trinajstić information content (AvgIpc) is 2.92. The third-order valence-electron chi connectivity index (χ3n) is 6.26. The van der Waals surface area contributed by atoms with Crippen LogP contribution in [0.1, 0.15) is 33.3 Å². The molecule has 0 aliphatic carbocycles. The second-order valence-corrected chi connectivity index (χ2v) is 9.31. The number of para-hydroxylation sites is 1. The summed E-state index contributed by atoms with van der Waals surface area (Å²) < 4.78 is 46.1. The first-order valence-electron chi connectivity index (χ1n) is 12.7. The first-order chi connectivity index (χ1) is 19.4. The lowest BCUT2D eigenvalue weighted by Gasteiger charge is -2.54. The normalized spacial score (nSPS) is 25.4. The van der Waals surface area contributed by atoms with Gasteiger partial charge in [-0.15, -0.1) is 0 Å². The van der Waals surface area contributed by atoms with E-state index >= 15 is 0 Å². The number of ether oxygens (including phenoxy) is 8. The SMILES string of the molecule is COc1ccc(C[C@]2(OC(C)=O)[C@H](Oc3ccccc3)O[C@@](COC(C)=O)(OC)[C@@H](OC(C)=O)[C@@H]2OC(C)=O)cc1. The maximum absolute atomic E-state index is 12.7. The monoisotopic (exact) mass is 574 g/mol. The highest BCUT2D eigenvalue weighted by atomic mass is 16.8. The average molecular weight is 575 g/mol. The highest BCUT2D eigenvalue weighted by Crippen LogP contribution is 2.45. The Morgan fingerprint density at radius 1 is 0.756 bits per heavy atom. The van der Waals surface area contributed by atoms with Crippen molar-refractivity contribution >= 4 is 23.9 Å². The van der Waals surface area contributed by atoms with Gasteiger partial charge in [-0.25, -0.2) is 0 Å². The van der Waals surface area contributed by atoms with Crippen LogP contribution >= 0.6 is 0 Å². The maximum atomic E-state index is 12.7. The van der Waals surface area contributed by atoms with Crippen LogP contribution < -0.4 is 9.47 Å². The van der Waals surface area contributed by atoms with Crippen molar-refractivity contribution in [1.82, 2.24) is 0 Å². The molecule has 2 aromatic rings. The number of hydrogen-bond donors (Lipinski definition) is 0. The highest BCUT2D eigenvalue weighted by molar-refractivity contribution is 5.69. The minimum absolute atomic E-state index is 0.142. The molecule has 12 nitrogen and oxygen atoms in total. The second-order valence-electron chi connectivity index (χ2n) is 9.31. The van der Waals surface area contributed by atoms with Crippen LogP contribution in [0.5, 0.6) is 11.5 Å². The molecular weight excluding hydrogens is 540 g/mol. The molecule has 2 aromatic carbocycles. The number of methoxy groups -OCH3 is 2. The predicted octanol–water partition coefficient (Wildman–Crippen LogP) is 2.74. The number of esters is 4. The summed E-state index contributed by atoms with van der Waals surface area (Å²) in [5.74, 6) is -4.24. The van der Waals surface area contributed by atoms with Gasteiger partial charge in [-0.3, -0.25) is 23.9 Å². The Balaban J connectivity index is 2.31. The van der Waals surface area contributed by atoms with Crippen molar-refractivity contribution in [2.24, 2.45) is 0 Å². The third kappa shape index (κ3) is 7.53. The largest absolute Gasteiger partial charge is 0.497 e. The third-order valence-corrected chi connectivity index (χ3v) is 6.26. The standard InChI is InChI=1S/C29H34O12/c1-18(30)36-17-29(35-6)26(38-20(3)32)25(37-19(2)31)28(40-21(4)33,16-22-12-14-23(34-5)15-13-22)27(41-29)39-24-10-8-7-9-11-24/h7-15,25-27H,16-17H2,1-6H3/t25-,26-,27+,28+,29+/m0/s1. The van der Waals surface area contributed by atoms with E-state index in [0.717, 1.165) is 20.8 Å². The number of rotatable bonds is 11. The summed E-state index contributed by atoms with van der Waals surface area (Å²) in [7, 11) is 2.74. The van der Waals surface area contributed by atoms with Crippen molar-refractivity contribution in [3.05, 3.63) is 60.2 Å². The van der Waals surface area contributed by atoms with Gasteiger partial charge in [-0.05, 0) is 29.8 Å². The van der Waals surface area contributed by atoms with Crippen LogP contribution in [-0.2, 0) is 54.0 Å². The molecule has 0 radical (unpaired) electrons. The zero-order chi connectivity index (χ0) is 30.2. The summed E-state index contributed by atoms with van der Waals surface area (Å²) in [6.07, 6.45) is -4.87. The second kappa shape index (κ2) is 13.5. The topological polar surface area (TPSA) is 142 Å². The summed E-state index contributed by atoms with van der Waals surface area (Å²) in [6, 6.07) is 15.3. The molecule has 5 atom stereocenters. The summed E-state index contributed by atoms with van der Waals surface area (Å²) >= 11 is 0. The lowest BCUT2D eigenvalue weighted by molar-refractivity contribution is -0.413. The van der Waals surface area contributed by atoms with Gasteiger partial charge in [-0.1, -0.05) is 30.3 Å². The molecule has 0 saturated carbocycles. The van der Waals surface area contributed by atoms with Gasteiger partial charge >= 0.3 is 23.9 Å². The van der Waals surface area contributed by atoms with E-state index in [1.54, 1.807) is 54.6 Å². The molecule has 222 valence electrons. The Morgan fingerprint density at radius 3 is 1.88 bits per heavy atom. The molecule has 1 heterocycles. The van der Waals surface area contributed by atoms with Crippen LogP contribution in [0.25, 0.3) is 0 Å². The van der Waals surface area contributed by atoms with Crippen molar-refractivity contribution in [1.29, 1.82) is 0 Å². The van der Waals surface area contributed by atoms with Crippen molar-refractivity contribution in [3.63, 3.8) is 0 Å². The molecule has 0 bridgehead atoms. The molecule has 1 fully saturated rings. The van der Waals surface area contributed by atoms with E-state index < -0.39 is 60.4 Å². The van der Waals surface area contributed by atoms with Gasteiger partial charge in [0, 0.05) is 41.2 Å². The van der Waals surface area contributed by atoms with Crippen molar-refractivity contribution < 1.29 is 57.1 Å². The molecule has 0 unspecified atom stereocenters. The molecule has 3 rings (SSSR count). The van der Waals surface area contributed by atoms with Crippen LogP contribution in [0, 0.1) is 0 Å². The van der Waals surface area contributed by atoms with Gasteiger partial charge in [0.05, 0.1) is 7.11 Å². The number of hydrogen-bond acceptors (Lipinski definition) is 12. The Hall–Kier alpha value is -4.16. The van der Waals surface area contributed by atoms with E-state index in [1.165, 1.54) is 21.1 Å². The fraction of sp³-hybridized carbons (Fsp3) is 0.448. The smallest absolute Gasteiger partial charge is 0.303 e. The van der Waals surface area contributed by atoms with E-state index in [0.29, 0.717) is 17.1 Å². The molecule has 41 heavy (non-hydrogen) atoms. The zero-order valence-electron chi connectivity index (χ0n) is 23.7. The number of carbonyl (C=O) groups excluding carboxylic acids is 4. The van der Waals surface area contributed by atoms with Gasteiger partial charge in [0.25, 0.3) is 0 Å². The fourth-order valence-corrected chi connectivity index (χ4v) is 4.58. The first-order valence-corrected chi connectivity index (χ1v) is 12.7. The quantitative estimate of drug-likeness (QED) is 0.288. The minimum atomic E-state index is -2.06. The minimum Gasteiger partial charge on any atom is -0.497 e. The van der Waals surface area contributed by atoms with E-state index in [1.807, 2.05) is 0 Å². The summed E-state index contributed by atoms with van der Waals surface area (Å²) in [5.41, 5.74) is -1.36. The van der Waals surface area contributed by atoms with Gasteiger partial charge in [-0.2, -0.15) is 0 Å². The van der Waals surface area contributed by atoms with Gasteiger partial charge in [0.2, 0.25) is 17.7 Å². The lowest BCUT2D eigenvalue weighted by Crippen LogP contribution is -2.76. The van der Waals surface area contributed by atoms with Gasteiger partial charge < -0.3 is 33.2 Å². The first kappa shape index (κ1) is 31.4. The van der Waals surface area contributed by atoms with E-state index in [-0.39, 0.29) is 6.42 Å². The molecule has 1 saturated heterocycles. The maximum Gasteiger partial charge on any atom is 0.303 e. The predicted molar refractivity (Wildman–Crippen MR) is 141 cm³/mol. The lowest BCUT2D eigenvalue weighted by atomic mass is 9.79. The van der Waals surface area contributed by atoms with Gasteiger partial charge in [0.15, 0.2) is 12.2 Å². The summed E-state index contributed by atoms with van der Waals surface area (Å²) in [6.45, 7) is 4.00. The van der Waals surface area contributed by atoms with Crippen molar-refractivity contribution in [3.8, 4) is 11.5 Å². The summed E-state index contributed by atoms with van der Waals surface area (Å²) in [4.78, 5) is 49.5. The van der Waals surface area contributed by atoms with E-state index in [2.05, 4.69) is 0 Å². The molecule has 0 aromatic heterocycles. The van der Waals surface area contributed by atoms with Gasteiger partial charge in [0.1, 0.15) is 18.1 Å². The Labute approximate surface area is 237 Å².